The predicted octanol–water partition coefficient (Wildman–Crippen LogP) is 4.88. The maximum atomic E-state index is 12.3. The zero-order valence-electron chi connectivity index (χ0n) is 13.1. The average Bonchev–Trinajstić information content (AvgIpc) is 2.63. The maximum absolute atomic E-state index is 12.3. The number of nitrogens with zero attached hydrogens (tertiary/aromatic N) is 1. The van der Waals surface area contributed by atoms with Gasteiger partial charge in [0, 0.05) is 16.9 Å². The molecule has 0 saturated heterocycles. The fourth-order valence-electron chi connectivity index (χ4n) is 2.68. The second-order valence-electron chi connectivity index (χ2n) is 5.83. The number of allylic oxidation sites excluding steroid dienone is 4. The Labute approximate surface area is 147 Å². The smallest absolute Gasteiger partial charge is 0.167 e. The van der Waals surface area contributed by atoms with Crippen LogP contribution >= 0.6 is 12.6 Å². The molecule has 2 nitrogen and oxygen atoms in total. The van der Waals surface area contributed by atoms with Gasteiger partial charge in [-0.05, 0) is 35.3 Å². The predicted molar refractivity (Wildman–Crippen MR) is 99.0 cm³/mol. The Hall–Kier alpha value is -2.57. The highest BCUT2D eigenvalue weighted by Crippen LogP contribution is 2.24. The lowest BCUT2D eigenvalue weighted by Gasteiger charge is -2.11. The summed E-state index contributed by atoms with van der Waals surface area (Å²) >= 11 is 4.23. The van der Waals surface area contributed by atoms with Gasteiger partial charge >= 0.3 is 0 Å². The van der Waals surface area contributed by atoms with Crippen molar-refractivity contribution in [3.8, 4) is 6.07 Å². The molecule has 3 rings (SSSR count). The van der Waals surface area contributed by atoms with Gasteiger partial charge in [-0.25, -0.2) is 0 Å². The van der Waals surface area contributed by atoms with Crippen LogP contribution in [-0.4, -0.2) is 5.78 Å². The van der Waals surface area contributed by atoms with Crippen LogP contribution in [0.15, 0.2) is 71.7 Å². The van der Waals surface area contributed by atoms with E-state index in [1.54, 1.807) is 0 Å². The third-order valence-corrected chi connectivity index (χ3v) is 4.40. The van der Waals surface area contributed by atoms with E-state index >= 15 is 0 Å². The first-order valence-electron chi connectivity index (χ1n) is 7.85. The summed E-state index contributed by atoms with van der Waals surface area (Å²) in [6.45, 7) is 0. The molecule has 0 bridgehead atoms. The summed E-state index contributed by atoms with van der Waals surface area (Å²) < 4.78 is 0. The van der Waals surface area contributed by atoms with Crippen molar-refractivity contribution in [2.45, 2.75) is 17.7 Å². The monoisotopic (exact) mass is 331 g/mol. The fraction of sp³-hybridized carbons (Fsp3) is 0.143. The molecule has 2 aromatic carbocycles. The number of Topliss-reactive ketones (excluding diaryl/α,β-unsaturated/α-hetero) is 1. The number of carbonyl (C=O) groups excluding carboxylic acids is 1. The van der Waals surface area contributed by atoms with E-state index in [0.717, 1.165) is 28.0 Å². The van der Waals surface area contributed by atoms with Crippen molar-refractivity contribution in [2.75, 3.05) is 0 Å². The Morgan fingerprint density at radius 1 is 1.12 bits per heavy atom. The van der Waals surface area contributed by atoms with Crippen LogP contribution in [0.1, 0.15) is 27.9 Å². The first-order valence-corrected chi connectivity index (χ1v) is 8.30. The zero-order valence-corrected chi connectivity index (χ0v) is 14.0. The molecule has 0 amide bonds. The van der Waals surface area contributed by atoms with Crippen LogP contribution in [0, 0.1) is 17.2 Å². The molecule has 3 heteroatoms. The van der Waals surface area contributed by atoms with Crippen molar-refractivity contribution in [3.05, 3.63) is 83.4 Å². The zero-order chi connectivity index (χ0) is 16.9. The van der Waals surface area contributed by atoms with Crippen molar-refractivity contribution >= 4 is 24.0 Å². The molecule has 0 aliphatic heterocycles. The molecule has 0 N–H and O–H groups in total. The Balaban J connectivity index is 1.68. The Morgan fingerprint density at radius 3 is 2.42 bits per heavy atom. The van der Waals surface area contributed by atoms with Crippen molar-refractivity contribution in [3.63, 3.8) is 0 Å². The highest BCUT2D eigenvalue weighted by Gasteiger charge is 2.10. The molecule has 0 heterocycles. The number of hydrogen-bond acceptors (Lipinski definition) is 3. The van der Waals surface area contributed by atoms with E-state index in [2.05, 4.69) is 24.8 Å². The lowest BCUT2D eigenvalue weighted by atomic mass is 9.93. The van der Waals surface area contributed by atoms with E-state index in [0.29, 0.717) is 12.0 Å². The SMILES string of the molecule is N#CC1C=CC(c2ccc(CC(=O)c3ccc(S)cc3)cc2)=CC1. The molecule has 0 aromatic heterocycles. The summed E-state index contributed by atoms with van der Waals surface area (Å²) in [5.74, 6) is 0.0824. The van der Waals surface area contributed by atoms with Gasteiger partial charge in [-0.1, -0.05) is 54.6 Å². The van der Waals surface area contributed by atoms with Crippen LogP contribution in [0.5, 0.6) is 0 Å². The molecule has 1 aliphatic carbocycles. The second kappa shape index (κ2) is 7.33. The van der Waals surface area contributed by atoms with E-state index in [-0.39, 0.29) is 11.7 Å². The largest absolute Gasteiger partial charge is 0.294 e. The molecule has 0 spiro atoms. The summed E-state index contributed by atoms with van der Waals surface area (Å²) in [4.78, 5) is 13.2. The van der Waals surface area contributed by atoms with Crippen molar-refractivity contribution in [1.82, 2.24) is 0 Å². The standard InChI is InChI=1S/C21H17NOS/c22-14-16-3-7-18(8-4-16)17-5-1-15(2-6-17)13-21(23)19-9-11-20(24)12-10-19/h1-3,5-12,16,24H,4,13H2. The molecule has 0 fully saturated rings. The fourth-order valence-corrected chi connectivity index (χ4v) is 2.83. The minimum Gasteiger partial charge on any atom is -0.294 e. The van der Waals surface area contributed by atoms with Crippen molar-refractivity contribution < 1.29 is 4.79 Å². The highest BCUT2D eigenvalue weighted by molar-refractivity contribution is 7.80. The minimum atomic E-state index is -0.0192. The molecule has 1 aliphatic rings. The minimum absolute atomic E-state index is 0.0192. The molecule has 1 unspecified atom stereocenters. The van der Waals surface area contributed by atoms with Gasteiger partial charge in [0.25, 0.3) is 0 Å². The molecule has 2 aromatic rings. The summed E-state index contributed by atoms with van der Waals surface area (Å²) in [6.07, 6.45) is 7.17. The topological polar surface area (TPSA) is 40.9 Å². The summed E-state index contributed by atoms with van der Waals surface area (Å²) in [7, 11) is 0. The second-order valence-corrected chi connectivity index (χ2v) is 6.35. The Kier molecular flexibility index (Phi) is 4.98. The van der Waals surface area contributed by atoms with Crippen LogP contribution in [0.2, 0.25) is 0 Å². The third kappa shape index (κ3) is 3.84. The summed E-state index contributed by atoms with van der Waals surface area (Å²) in [5, 5.41) is 8.91. The number of nitriles is 1. The van der Waals surface area contributed by atoms with Crippen LogP contribution < -0.4 is 0 Å². The first kappa shape index (κ1) is 16.3. The average molecular weight is 331 g/mol. The molecular weight excluding hydrogens is 314 g/mol. The van der Waals surface area contributed by atoms with E-state index in [9.17, 15) is 4.79 Å². The van der Waals surface area contributed by atoms with Crippen LogP contribution in [0.3, 0.4) is 0 Å². The van der Waals surface area contributed by atoms with Gasteiger partial charge in [0.2, 0.25) is 0 Å². The Morgan fingerprint density at radius 2 is 1.83 bits per heavy atom. The molecule has 118 valence electrons. The van der Waals surface area contributed by atoms with E-state index < -0.39 is 0 Å². The van der Waals surface area contributed by atoms with E-state index in [1.807, 2.05) is 60.7 Å². The molecule has 1 atom stereocenters. The van der Waals surface area contributed by atoms with Gasteiger partial charge in [-0.2, -0.15) is 5.26 Å². The van der Waals surface area contributed by atoms with Gasteiger partial charge in [0.05, 0.1) is 12.0 Å². The number of thiol groups is 1. The summed E-state index contributed by atoms with van der Waals surface area (Å²) in [5.41, 5.74) is 3.94. The first-order chi connectivity index (χ1) is 11.7. The van der Waals surface area contributed by atoms with Crippen molar-refractivity contribution in [2.24, 2.45) is 5.92 Å². The maximum Gasteiger partial charge on any atom is 0.167 e. The van der Waals surface area contributed by atoms with Gasteiger partial charge in [-0.3, -0.25) is 4.79 Å². The van der Waals surface area contributed by atoms with Gasteiger partial charge in [0.1, 0.15) is 0 Å². The number of hydrogen-bond donors (Lipinski definition) is 1. The molecule has 0 radical (unpaired) electrons. The number of ketones is 1. The third-order valence-electron chi connectivity index (χ3n) is 4.11. The van der Waals surface area contributed by atoms with Crippen LogP contribution in [0.4, 0.5) is 0 Å². The van der Waals surface area contributed by atoms with Crippen LogP contribution in [0.25, 0.3) is 5.57 Å². The van der Waals surface area contributed by atoms with E-state index in [4.69, 9.17) is 5.26 Å². The number of benzene rings is 2. The van der Waals surface area contributed by atoms with Crippen LogP contribution in [-0.2, 0) is 6.42 Å². The summed E-state index contributed by atoms with van der Waals surface area (Å²) in [6, 6.07) is 17.6. The number of carbonyl (C=O) groups is 1. The van der Waals surface area contributed by atoms with Gasteiger partial charge in [-0.15, -0.1) is 12.6 Å². The lowest BCUT2D eigenvalue weighted by molar-refractivity contribution is 0.0993. The quantitative estimate of drug-likeness (QED) is 0.640. The van der Waals surface area contributed by atoms with Gasteiger partial charge < -0.3 is 0 Å². The van der Waals surface area contributed by atoms with Gasteiger partial charge in [0.15, 0.2) is 5.78 Å². The number of rotatable bonds is 4. The molecule has 0 saturated carbocycles. The highest BCUT2D eigenvalue weighted by atomic mass is 32.1. The van der Waals surface area contributed by atoms with Crippen molar-refractivity contribution in [1.29, 1.82) is 5.26 Å². The van der Waals surface area contributed by atoms with E-state index in [1.165, 1.54) is 0 Å². The molecule has 24 heavy (non-hydrogen) atoms. The Bertz CT molecular complexity index is 839. The lowest BCUT2D eigenvalue weighted by Crippen LogP contribution is -2.03. The normalized spacial score (nSPS) is 16.3. The molecular formula is C21H17NOS.